The van der Waals surface area contributed by atoms with Crippen LogP contribution in [0, 0.1) is 11.8 Å². The molecule has 0 spiro atoms. The van der Waals surface area contributed by atoms with Crippen LogP contribution in [0.4, 0.5) is 0 Å². The van der Waals surface area contributed by atoms with Gasteiger partial charge >= 0.3 is 39.5 Å². The molecule has 0 aliphatic carbocycles. The van der Waals surface area contributed by atoms with E-state index in [1.165, 1.54) is 231 Å². The van der Waals surface area contributed by atoms with E-state index in [-0.39, 0.29) is 25.7 Å². The Kier molecular flexibility index (Phi) is 69.3. The Balaban J connectivity index is 5.24. The van der Waals surface area contributed by atoms with Crippen LogP contribution in [-0.2, 0) is 65.4 Å². The SMILES string of the molecule is CCCCCCCCCCCCCCCCCCCCC(=O)OC[C@H](COP(=O)(O)OC[C@@H](O)COP(=O)(O)OC[C@@H](COC(=O)CCCCCCCCCCCC)OC(=O)CCCCCCCCCCC(C)CC)OC(=O)CCCCCCCCCCCCCCCCC(C)CC. The van der Waals surface area contributed by atoms with Gasteiger partial charge in [-0.2, -0.15) is 0 Å². The number of aliphatic hydroxyl groups is 1. The molecule has 4 unspecified atom stereocenters. The molecular weight excluding hydrogens is 1280 g/mol. The number of ether oxygens (including phenoxy) is 4. The first-order valence-electron chi connectivity index (χ1n) is 41.1. The van der Waals surface area contributed by atoms with Crippen molar-refractivity contribution in [3.8, 4) is 0 Å². The topological polar surface area (TPSA) is 237 Å². The van der Waals surface area contributed by atoms with Crippen LogP contribution >= 0.6 is 15.6 Å². The van der Waals surface area contributed by atoms with E-state index in [2.05, 4.69) is 41.5 Å². The highest BCUT2D eigenvalue weighted by Crippen LogP contribution is 2.45. The van der Waals surface area contributed by atoms with Gasteiger partial charge in [0, 0.05) is 25.7 Å². The highest BCUT2D eigenvalue weighted by molar-refractivity contribution is 7.47. The highest BCUT2D eigenvalue weighted by Gasteiger charge is 2.30. The van der Waals surface area contributed by atoms with Crippen molar-refractivity contribution < 1.29 is 80.2 Å². The van der Waals surface area contributed by atoms with Gasteiger partial charge in [0.1, 0.15) is 19.3 Å². The molecule has 0 saturated carbocycles. The lowest BCUT2D eigenvalue weighted by atomic mass is 9.99. The number of hydrogen-bond donors (Lipinski definition) is 3. The highest BCUT2D eigenvalue weighted by atomic mass is 31.2. The predicted molar refractivity (Wildman–Crippen MR) is 400 cm³/mol. The summed E-state index contributed by atoms with van der Waals surface area (Å²) in [6.07, 6.45) is 59.5. The lowest BCUT2D eigenvalue weighted by molar-refractivity contribution is -0.161. The third-order valence-corrected chi connectivity index (χ3v) is 21.1. The Labute approximate surface area is 600 Å². The fourth-order valence-electron chi connectivity index (χ4n) is 12.1. The molecule has 0 fully saturated rings. The molecule has 0 aromatic rings. The first-order chi connectivity index (χ1) is 47.4. The van der Waals surface area contributed by atoms with Crippen LogP contribution < -0.4 is 0 Å². The Morgan fingerprint density at radius 2 is 0.490 bits per heavy atom. The second-order valence-corrected chi connectivity index (χ2v) is 31.8. The van der Waals surface area contributed by atoms with Crippen LogP contribution in [0.1, 0.15) is 414 Å². The summed E-state index contributed by atoms with van der Waals surface area (Å²) in [5.74, 6) is -0.497. The third kappa shape index (κ3) is 69.8. The van der Waals surface area contributed by atoms with Gasteiger partial charge in [-0.25, -0.2) is 9.13 Å². The van der Waals surface area contributed by atoms with Crippen LogP contribution in [0.15, 0.2) is 0 Å². The minimum atomic E-state index is -4.96. The number of phosphoric acid groups is 2. The zero-order chi connectivity index (χ0) is 72.1. The maximum atomic E-state index is 13.1. The summed E-state index contributed by atoms with van der Waals surface area (Å²) >= 11 is 0. The van der Waals surface area contributed by atoms with Crippen molar-refractivity contribution in [2.75, 3.05) is 39.6 Å². The molecule has 0 aliphatic heterocycles. The molecular formula is C79H154O17P2. The molecule has 98 heavy (non-hydrogen) atoms. The largest absolute Gasteiger partial charge is 0.472 e. The van der Waals surface area contributed by atoms with Crippen LogP contribution in [0.25, 0.3) is 0 Å². The Hall–Kier alpha value is -1.94. The van der Waals surface area contributed by atoms with Crippen molar-refractivity contribution in [2.24, 2.45) is 11.8 Å². The Bertz CT molecular complexity index is 1890. The van der Waals surface area contributed by atoms with E-state index in [4.69, 9.17) is 37.0 Å². The minimum absolute atomic E-state index is 0.105. The number of unbranched alkanes of at least 4 members (excludes halogenated alkanes) is 46. The molecule has 0 aromatic heterocycles. The molecule has 17 nitrogen and oxygen atoms in total. The normalized spacial score (nSPS) is 14.5. The number of carbonyl (C=O) groups excluding carboxylic acids is 4. The number of rotatable bonds is 78. The van der Waals surface area contributed by atoms with Crippen molar-refractivity contribution in [1.29, 1.82) is 0 Å². The Morgan fingerprint density at radius 1 is 0.286 bits per heavy atom. The summed E-state index contributed by atoms with van der Waals surface area (Å²) in [5.41, 5.74) is 0. The molecule has 0 amide bonds. The monoisotopic (exact) mass is 1440 g/mol. The van der Waals surface area contributed by atoms with Crippen molar-refractivity contribution in [1.82, 2.24) is 0 Å². The second-order valence-electron chi connectivity index (χ2n) is 28.9. The van der Waals surface area contributed by atoms with Crippen molar-refractivity contribution >= 4 is 39.5 Å². The van der Waals surface area contributed by atoms with Gasteiger partial charge < -0.3 is 33.8 Å². The first kappa shape index (κ1) is 96.1. The number of aliphatic hydroxyl groups excluding tert-OH is 1. The number of carbonyl (C=O) groups is 4. The molecule has 0 aliphatic rings. The van der Waals surface area contributed by atoms with Crippen molar-refractivity contribution in [2.45, 2.75) is 432 Å². The summed E-state index contributed by atoms with van der Waals surface area (Å²) in [7, 11) is -9.92. The van der Waals surface area contributed by atoms with E-state index in [0.29, 0.717) is 25.7 Å². The van der Waals surface area contributed by atoms with E-state index in [1.807, 2.05) is 0 Å². The van der Waals surface area contributed by atoms with Crippen molar-refractivity contribution in [3.63, 3.8) is 0 Å². The average Bonchev–Trinajstić information content (AvgIpc) is 1.06. The molecule has 0 saturated heterocycles. The van der Waals surface area contributed by atoms with Gasteiger partial charge in [0.2, 0.25) is 0 Å². The van der Waals surface area contributed by atoms with Crippen LogP contribution in [0.3, 0.4) is 0 Å². The third-order valence-electron chi connectivity index (χ3n) is 19.2. The zero-order valence-corrected chi connectivity index (χ0v) is 65.9. The van der Waals surface area contributed by atoms with E-state index >= 15 is 0 Å². The van der Waals surface area contributed by atoms with Gasteiger partial charge in [-0.15, -0.1) is 0 Å². The molecule has 3 N–H and O–H groups in total. The number of phosphoric ester groups is 2. The molecule has 19 heteroatoms. The summed E-state index contributed by atoms with van der Waals surface area (Å²) < 4.78 is 68.6. The minimum Gasteiger partial charge on any atom is -0.462 e. The van der Waals surface area contributed by atoms with E-state index in [9.17, 15) is 43.2 Å². The van der Waals surface area contributed by atoms with Gasteiger partial charge in [0.15, 0.2) is 12.2 Å². The molecule has 0 radical (unpaired) electrons. The van der Waals surface area contributed by atoms with Crippen LogP contribution in [-0.4, -0.2) is 96.7 Å². The second kappa shape index (κ2) is 70.7. The molecule has 0 aromatic carbocycles. The fourth-order valence-corrected chi connectivity index (χ4v) is 13.7. The molecule has 7 atom stereocenters. The van der Waals surface area contributed by atoms with Gasteiger partial charge in [-0.05, 0) is 37.5 Å². The first-order valence-corrected chi connectivity index (χ1v) is 44.1. The summed E-state index contributed by atoms with van der Waals surface area (Å²) in [6.45, 7) is 9.66. The quantitative estimate of drug-likeness (QED) is 0.0222. The fraction of sp³-hybridized carbons (Fsp3) is 0.949. The molecule has 0 heterocycles. The van der Waals surface area contributed by atoms with Gasteiger partial charge in [-0.1, -0.05) is 363 Å². The van der Waals surface area contributed by atoms with E-state index in [0.717, 1.165) is 102 Å². The van der Waals surface area contributed by atoms with Crippen molar-refractivity contribution in [3.05, 3.63) is 0 Å². The molecule has 0 rings (SSSR count). The van der Waals surface area contributed by atoms with E-state index in [1.54, 1.807) is 0 Å². The lowest BCUT2D eigenvalue weighted by Gasteiger charge is -2.21. The summed E-state index contributed by atoms with van der Waals surface area (Å²) in [4.78, 5) is 72.9. The predicted octanol–water partition coefficient (Wildman–Crippen LogP) is 23.5. The van der Waals surface area contributed by atoms with Gasteiger partial charge in [0.05, 0.1) is 26.4 Å². The van der Waals surface area contributed by atoms with E-state index < -0.39 is 97.5 Å². The van der Waals surface area contributed by atoms with Gasteiger partial charge in [0.25, 0.3) is 0 Å². The Morgan fingerprint density at radius 3 is 0.724 bits per heavy atom. The number of esters is 4. The van der Waals surface area contributed by atoms with Crippen LogP contribution in [0.2, 0.25) is 0 Å². The van der Waals surface area contributed by atoms with Crippen LogP contribution in [0.5, 0.6) is 0 Å². The standard InChI is InChI=1S/C79H154O17P2/c1-7-11-13-15-17-19-21-22-23-24-25-26-30-33-37-44-50-56-62-77(82)90-67-74(95-78(83)63-57-51-45-38-34-31-28-27-29-32-35-41-47-53-59-71(5)9-3)69-93-97(85,86)91-65-73(80)66-92-98(87,88)94-70-75(68-89-76(81)61-55-49-43-36-20-18-16-14-12-8-2)96-79(84)64-58-52-46-40-39-42-48-54-60-72(6)10-4/h71-75,80H,7-70H2,1-6H3,(H,85,86)(H,87,88)/t71?,72?,73-,74-,75-/m1/s1. The average molecular weight is 1440 g/mol. The van der Waals surface area contributed by atoms with Gasteiger partial charge in [-0.3, -0.25) is 37.3 Å². The lowest BCUT2D eigenvalue weighted by Crippen LogP contribution is -2.30. The zero-order valence-electron chi connectivity index (χ0n) is 64.1. The smallest absolute Gasteiger partial charge is 0.462 e. The summed E-state index contributed by atoms with van der Waals surface area (Å²) in [5, 5.41) is 10.6. The molecule has 582 valence electrons. The maximum Gasteiger partial charge on any atom is 0.472 e. The number of hydrogen-bond acceptors (Lipinski definition) is 15. The molecule has 0 bridgehead atoms. The summed E-state index contributed by atoms with van der Waals surface area (Å²) in [6, 6.07) is 0. The maximum absolute atomic E-state index is 13.1.